The summed E-state index contributed by atoms with van der Waals surface area (Å²) in [5.41, 5.74) is 2.46. The summed E-state index contributed by atoms with van der Waals surface area (Å²) in [6, 6.07) is 19.4. The van der Waals surface area contributed by atoms with Gasteiger partial charge in [0, 0.05) is 0 Å². The van der Waals surface area contributed by atoms with Gasteiger partial charge in [-0.1, -0.05) is 67.2 Å². The van der Waals surface area contributed by atoms with Crippen LogP contribution >= 0.6 is 0 Å². The largest absolute Gasteiger partial charge is 0.392 e. The van der Waals surface area contributed by atoms with Gasteiger partial charge in [-0.2, -0.15) is 0 Å². The molecule has 0 spiro atoms. The van der Waals surface area contributed by atoms with Crippen molar-refractivity contribution < 1.29 is 19.7 Å². The molecule has 0 radical (unpaired) electrons. The molecule has 0 unspecified atom stereocenters. The molecule has 0 aliphatic rings. The molecule has 0 aromatic heterocycles. The van der Waals surface area contributed by atoms with Crippen molar-refractivity contribution in [1.29, 1.82) is 0 Å². The quantitative estimate of drug-likeness (QED) is 0.659. The minimum atomic E-state index is -0.892. The Hall–Kier alpha value is -1.98. The first kappa shape index (κ1) is 18.4. The molecule has 2 N–H and O–H groups in total. The summed E-state index contributed by atoms with van der Waals surface area (Å²) in [7, 11) is 0. The number of hydrogen-bond donors (Lipinski definition) is 2. The van der Waals surface area contributed by atoms with Crippen molar-refractivity contribution >= 4 is 0 Å². The van der Waals surface area contributed by atoms with E-state index in [0.717, 1.165) is 11.1 Å². The van der Waals surface area contributed by atoms with Crippen LogP contribution < -0.4 is 0 Å². The number of rotatable bonds is 10. The highest BCUT2D eigenvalue weighted by atomic mass is 16.5. The van der Waals surface area contributed by atoms with Crippen LogP contribution in [-0.4, -0.2) is 35.6 Å². The van der Waals surface area contributed by atoms with Crippen LogP contribution in [0.5, 0.6) is 0 Å². The van der Waals surface area contributed by atoms with Crippen LogP contribution in [0.2, 0.25) is 0 Å². The zero-order valence-electron chi connectivity index (χ0n) is 13.7. The molecule has 0 fully saturated rings. The summed E-state index contributed by atoms with van der Waals surface area (Å²) in [4.78, 5) is 0. The van der Waals surface area contributed by atoms with Crippen molar-refractivity contribution in [2.24, 2.45) is 0 Å². The maximum atomic E-state index is 10.3. The Morgan fingerprint density at radius 3 is 2.00 bits per heavy atom. The summed E-state index contributed by atoms with van der Waals surface area (Å²) in [6.45, 7) is 4.39. The van der Waals surface area contributed by atoms with Crippen molar-refractivity contribution in [3.8, 4) is 0 Å². The SMILES string of the molecule is C=C(CO)[C@H](OCc1ccccc1)[C@H](O)COCc1ccccc1. The van der Waals surface area contributed by atoms with E-state index in [2.05, 4.69) is 6.58 Å². The predicted molar refractivity (Wildman–Crippen MR) is 93.3 cm³/mol. The second-order valence-corrected chi connectivity index (χ2v) is 5.60. The molecular formula is C20H24O4. The molecule has 2 atom stereocenters. The Bertz CT molecular complexity index is 598. The Balaban J connectivity index is 1.85. The van der Waals surface area contributed by atoms with Gasteiger partial charge in [-0.15, -0.1) is 0 Å². The third kappa shape index (κ3) is 5.91. The Morgan fingerprint density at radius 1 is 0.917 bits per heavy atom. The van der Waals surface area contributed by atoms with Crippen molar-refractivity contribution in [1.82, 2.24) is 0 Å². The molecule has 0 aliphatic heterocycles. The third-order valence-electron chi connectivity index (χ3n) is 3.63. The molecule has 0 heterocycles. The van der Waals surface area contributed by atoms with Crippen molar-refractivity contribution in [2.45, 2.75) is 25.4 Å². The van der Waals surface area contributed by atoms with E-state index >= 15 is 0 Å². The van der Waals surface area contributed by atoms with Gasteiger partial charge in [0.15, 0.2) is 0 Å². The lowest BCUT2D eigenvalue weighted by Gasteiger charge is -2.24. The van der Waals surface area contributed by atoms with Crippen LogP contribution in [-0.2, 0) is 22.7 Å². The normalized spacial score (nSPS) is 13.4. The first-order chi connectivity index (χ1) is 11.7. The van der Waals surface area contributed by atoms with E-state index in [1.807, 2.05) is 60.7 Å². The number of aliphatic hydroxyl groups is 2. The lowest BCUT2D eigenvalue weighted by atomic mass is 10.1. The molecule has 0 bridgehead atoms. The molecule has 2 aromatic rings. The number of aliphatic hydroxyl groups excluding tert-OH is 2. The first-order valence-corrected chi connectivity index (χ1v) is 7.94. The zero-order valence-corrected chi connectivity index (χ0v) is 13.7. The molecule has 0 amide bonds. The van der Waals surface area contributed by atoms with E-state index in [1.165, 1.54) is 0 Å². The molecule has 0 saturated carbocycles. The van der Waals surface area contributed by atoms with E-state index < -0.39 is 12.2 Å². The van der Waals surface area contributed by atoms with Crippen molar-refractivity contribution in [3.05, 3.63) is 83.9 Å². The van der Waals surface area contributed by atoms with Crippen LogP contribution in [0.4, 0.5) is 0 Å². The highest BCUT2D eigenvalue weighted by Crippen LogP contribution is 2.14. The summed E-state index contributed by atoms with van der Waals surface area (Å²) >= 11 is 0. The van der Waals surface area contributed by atoms with Gasteiger partial charge in [0.25, 0.3) is 0 Å². The number of ether oxygens (including phenoxy) is 2. The summed E-state index contributed by atoms with van der Waals surface area (Å²) in [5, 5.41) is 19.7. The molecule has 24 heavy (non-hydrogen) atoms. The minimum absolute atomic E-state index is 0.105. The molecule has 0 aliphatic carbocycles. The second-order valence-electron chi connectivity index (χ2n) is 5.60. The van der Waals surface area contributed by atoms with Gasteiger partial charge in [0.05, 0.1) is 26.4 Å². The monoisotopic (exact) mass is 328 g/mol. The average molecular weight is 328 g/mol. The average Bonchev–Trinajstić information content (AvgIpc) is 2.63. The predicted octanol–water partition coefficient (Wildman–Crippen LogP) is 2.70. The summed E-state index contributed by atoms with van der Waals surface area (Å²) in [5.74, 6) is 0. The molecule has 2 aromatic carbocycles. The van der Waals surface area contributed by atoms with Crippen LogP contribution in [0, 0.1) is 0 Å². The first-order valence-electron chi connectivity index (χ1n) is 7.94. The van der Waals surface area contributed by atoms with Crippen LogP contribution in [0.15, 0.2) is 72.8 Å². The summed E-state index contributed by atoms with van der Waals surface area (Å²) in [6.07, 6.45) is -1.57. The Kier molecular flexibility index (Phi) is 7.65. The maximum Gasteiger partial charge on any atom is 0.109 e. The molecular weight excluding hydrogens is 304 g/mol. The molecule has 0 saturated heterocycles. The van der Waals surface area contributed by atoms with Gasteiger partial charge >= 0.3 is 0 Å². The van der Waals surface area contributed by atoms with Crippen LogP contribution in [0.3, 0.4) is 0 Å². The molecule has 4 nitrogen and oxygen atoms in total. The second kappa shape index (κ2) is 10.0. The van der Waals surface area contributed by atoms with Crippen molar-refractivity contribution in [2.75, 3.05) is 13.2 Å². The fourth-order valence-corrected chi connectivity index (χ4v) is 2.31. The maximum absolute atomic E-state index is 10.3. The Morgan fingerprint density at radius 2 is 1.46 bits per heavy atom. The summed E-state index contributed by atoms with van der Waals surface area (Å²) < 4.78 is 11.3. The third-order valence-corrected chi connectivity index (χ3v) is 3.63. The van der Waals surface area contributed by atoms with E-state index in [-0.39, 0.29) is 13.2 Å². The van der Waals surface area contributed by atoms with Gasteiger partial charge < -0.3 is 19.7 Å². The molecule has 4 heteroatoms. The van der Waals surface area contributed by atoms with Gasteiger partial charge in [0.2, 0.25) is 0 Å². The Labute approximate surface area is 143 Å². The van der Waals surface area contributed by atoms with E-state index in [4.69, 9.17) is 9.47 Å². The van der Waals surface area contributed by atoms with E-state index in [9.17, 15) is 10.2 Å². The fourth-order valence-electron chi connectivity index (χ4n) is 2.31. The topological polar surface area (TPSA) is 58.9 Å². The van der Waals surface area contributed by atoms with Gasteiger partial charge in [0.1, 0.15) is 12.2 Å². The highest BCUT2D eigenvalue weighted by molar-refractivity contribution is 5.15. The molecule has 2 rings (SSSR count). The smallest absolute Gasteiger partial charge is 0.109 e. The number of hydrogen-bond acceptors (Lipinski definition) is 4. The lowest BCUT2D eigenvalue weighted by molar-refractivity contribution is -0.0674. The van der Waals surface area contributed by atoms with Gasteiger partial charge in [-0.3, -0.25) is 0 Å². The van der Waals surface area contributed by atoms with Crippen LogP contribution in [0.1, 0.15) is 11.1 Å². The lowest BCUT2D eigenvalue weighted by Crippen LogP contribution is -2.35. The zero-order chi connectivity index (χ0) is 17.2. The highest BCUT2D eigenvalue weighted by Gasteiger charge is 2.23. The van der Waals surface area contributed by atoms with E-state index in [1.54, 1.807) is 0 Å². The minimum Gasteiger partial charge on any atom is -0.392 e. The van der Waals surface area contributed by atoms with Crippen LogP contribution in [0.25, 0.3) is 0 Å². The fraction of sp³-hybridized carbons (Fsp3) is 0.300. The standard InChI is InChI=1S/C20H24O4/c1-16(12-21)20(24-14-18-10-6-3-7-11-18)19(22)15-23-13-17-8-4-2-5-9-17/h2-11,19-22H,1,12-15H2/t19-,20+/m1/s1. The number of benzene rings is 2. The van der Waals surface area contributed by atoms with Crippen molar-refractivity contribution in [3.63, 3.8) is 0 Å². The van der Waals surface area contributed by atoms with Gasteiger partial charge in [-0.05, 0) is 16.7 Å². The molecule has 128 valence electrons. The van der Waals surface area contributed by atoms with Gasteiger partial charge in [-0.25, -0.2) is 0 Å². The van der Waals surface area contributed by atoms with E-state index in [0.29, 0.717) is 18.8 Å².